The third-order valence-corrected chi connectivity index (χ3v) is 10.2. The average molecular weight is 881 g/mol. The Morgan fingerprint density at radius 2 is 1.46 bits per heavy atom. The van der Waals surface area contributed by atoms with Gasteiger partial charge in [0.25, 0.3) is 0 Å². The molecule has 9 nitrogen and oxygen atoms in total. The number of ether oxygens (including phenoxy) is 1. The van der Waals surface area contributed by atoms with Crippen LogP contribution >= 0.6 is 0 Å². The topological polar surface area (TPSA) is 77.1 Å². The van der Waals surface area contributed by atoms with Crippen molar-refractivity contribution in [3.05, 3.63) is 146 Å². The van der Waals surface area contributed by atoms with Crippen LogP contribution in [0, 0.1) is 18.8 Å². The van der Waals surface area contributed by atoms with E-state index in [0.29, 0.717) is 28.2 Å². The van der Waals surface area contributed by atoms with Gasteiger partial charge in [-0.05, 0) is 66.6 Å². The number of aromatic nitrogens is 4. The molecule has 1 aliphatic rings. The predicted molar refractivity (Wildman–Crippen MR) is 207 cm³/mol. The first-order valence-electron chi connectivity index (χ1n) is 17.3. The van der Waals surface area contributed by atoms with Crippen LogP contribution in [-0.4, -0.2) is 26.0 Å². The fraction of sp³-hybridized carbons (Fsp3) is 0.0227. The smallest absolute Gasteiger partial charge is 0.208 e. The Kier molecular flexibility index (Phi) is 6.58. The molecule has 6 heterocycles. The summed E-state index contributed by atoms with van der Waals surface area (Å²) >= 11 is 0. The van der Waals surface area contributed by atoms with Gasteiger partial charge in [-0.15, -0.1) is 30.3 Å². The molecule has 0 N–H and O–H groups in total. The molecular weight excluding hydrogens is 856 g/mol. The van der Waals surface area contributed by atoms with Gasteiger partial charge in [0.2, 0.25) is 5.78 Å². The van der Waals surface area contributed by atoms with Gasteiger partial charge in [-0.3, -0.25) is 4.57 Å². The van der Waals surface area contributed by atoms with Crippen LogP contribution in [0.15, 0.2) is 136 Å². The van der Waals surface area contributed by atoms with Crippen LogP contribution in [0.3, 0.4) is 0 Å². The number of furan rings is 2. The van der Waals surface area contributed by atoms with Crippen molar-refractivity contribution < 1.29 is 34.6 Å². The van der Waals surface area contributed by atoms with Crippen molar-refractivity contribution in [3.63, 3.8) is 0 Å². The molecule has 10 heteroatoms. The van der Waals surface area contributed by atoms with Crippen LogP contribution < -0.4 is 14.5 Å². The number of rotatable bonds is 4. The number of benzene rings is 6. The van der Waals surface area contributed by atoms with Gasteiger partial charge >= 0.3 is 0 Å². The number of imidazole rings is 2. The second-order valence-corrected chi connectivity index (χ2v) is 13.2. The number of pyridine rings is 1. The normalized spacial score (nSPS) is 13.0. The standard InChI is InChI=1S/C44H25N6O3.Pt/c1-47-25-48(35-14-6-5-13-34(35)47)26-22-31-30-19-18-29-28-10-2-7-15-38(28)52-42(29)43(30)53-41(31)39(23-26)51-27-17-20-36-37(24-27)50(40-16-8-9-21-45-40)44-46-32-11-3-4-12-33(32)49(36)44;/h2-22,25H,1H3;/q-3;. The van der Waals surface area contributed by atoms with Gasteiger partial charge in [0.1, 0.15) is 11.4 Å². The zero-order valence-electron chi connectivity index (χ0n) is 28.4. The van der Waals surface area contributed by atoms with Gasteiger partial charge in [0, 0.05) is 60.5 Å². The molecule has 0 atom stereocenters. The Hall–Kier alpha value is -6.57. The van der Waals surface area contributed by atoms with Crippen LogP contribution in [-0.2, 0) is 21.1 Å². The van der Waals surface area contributed by atoms with Crippen LogP contribution in [0.25, 0.3) is 77.5 Å². The molecule has 0 spiro atoms. The Morgan fingerprint density at radius 3 is 2.35 bits per heavy atom. The fourth-order valence-corrected chi connectivity index (χ4v) is 7.85. The molecule has 1 aliphatic heterocycles. The molecule has 6 aromatic carbocycles. The number of fused-ring (bicyclic) bond motifs is 13. The fourth-order valence-electron chi connectivity index (χ4n) is 7.85. The summed E-state index contributed by atoms with van der Waals surface area (Å²) in [6, 6.07) is 47.7. The van der Waals surface area contributed by atoms with E-state index in [0.717, 1.165) is 77.9 Å². The van der Waals surface area contributed by atoms with Crippen LogP contribution in [0.2, 0.25) is 0 Å². The number of hydrogen-bond acceptors (Lipinski definition) is 7. The molecular formula is C44H25N6O3Pt-3. The van der Waals surface area contributed by atoms with Gasteiger partial charge < -0.3 is 27.8 Å². The summed E-state index contributed by atoms with van der Waals surface area (Å²) in [6.07, 6.45) is 1.78. The number of nitrogens with zero attached hydrogens (tertiary/aromatic N) is 6. The molecule has 0 amide bonds. The van der Waals surface area contributed by atoms with E-state index in [4.69, 9.17) is 23.5 Å². The van der Waals surface area contributed by atoms with E-state index in [1.54, 1.807) is 6.20 Å². The minimum absolute atomic E-state index is 0. The van der Waals surface area contributed by atoms with Crippen LogP contribution in [0.5, 0.6) is 11.5 Å². The van der Waals surface area contributed by atoms with Crippen molar-refractivity contribution in [3.8, 4) is 17.3 Å². The van der Waals surface area contributed by atoms with E-state index in [1.165, 1.54) is 0 Å². The SMILES string of the molecule is CN1[CH-]N(c2[c-]c(Oc3[c-]c4c(cc3)n3c5ccccc5nc3n4-c3ccccn3)c3oc4c(ccc5c6ccccc6oc54)c3c2)c2ccccc21.[Pt]. The van der Waals surface area contributed by atoms with E-state index in [2.05, 4.69) is 75.5 Å². The molecule has 0 bridgehead atoms. The van der Waals surface area contributed by atoms with Gasteiger partial charge in [0.05, 0.1) is 22.4 Å². The minimum atomic E-state index is 0. The zero-order valence-corrected chi connectivity index (χ0v) is 30.7. The first kappa shape index (κ1) is 31.0. The monoisotopic (exact) mass is 880 g/mol. The molecule has 0 saturated carbocycles. The van der Waals surface area contributed by atoms with E-state index in [1.807, 2.05) is 90.5 Å². The second kappa shape index (κ2) is 11.5. The van der Waals surface area contributed by atoms with Crippen molar-refractivity contribution in [1.29, 1.82) is 0 Å². The molecule has 0 aliphatic carbocycles. The summed E-state index contributed by atoms with van der Waals surface area (Å²) in [5.74, 6) is 2.39. The molecule has 262 valence electrons. The van der Waals surface area contributed by atoms with Gasteiger partial charge in [-0.2, -0.15) is 6.67 Å². The summed E-state index contributed by atoms with van der Waals surface area (Å²) in [6.45, 7) is 2.06. The molecule has 54 heavy (non-hydrogen) atoms. The molecule has 12 rings (SSSR count). The second-order valence-electron chi connectivity index (χ2n) is 13.2. The third-order valence-electron chi connectivity index (χ3n) is 10.2. The largest absolute Gasteiger partial charge is 0.509 e. The maximum Gasteiger partial charge on any atom is 0.208 e. The Morgan fingerprint density at radius 1 is 0.685 bits per heavy atom. The summed E-state index contributed by atoms with van der Waals surface area (Å²) in [5.41, 5.74) is 9.27. The summed E-state index contributed by atoms with van der Waals surface area (Å²) < 4.78 is 24.1. The number of hydrogen-bond donors (Lipinski definition) is 0. The van der Waals surface area contributed by atoms with Crippen LogP contribution in [0.1, 0.15) is 0 Å². The Labute approximate surface area is 321 Å². The first-order chi connectivity index (χ1) is 26.2. The summed E-state index contributed by atoms with van der Waals surface area (Å²) in [5, 5.41) is 3.84. The number of anilines is 3. The van der Waals surface area contributed by atoms with Crippen LogP contribution in [0.4, 0.5) is 17.1 Å². The van der Waals surface area contributed by atoms with E-state index in [-0.39, 0.29) is 21.1 Å². The maximum absolute atomic E-state index is 6.81. The van der Waals surface area contributed by atoms with Crippen molar-refractivity contribution in [1.82, 2.24) is 18.9 Å². The van der Waals surface area contributed by atoms with Crippen molar-refractivity contribution in [2.24, 2.45) is 0 Å². The third kappa shape index (κ3) is 4.30. The Bertz CT molecular complexity index is 3290. The van der Waals surface area contributed by atoms with E-state index in [9.17, 15) is 0 Å². The molecule has 0 unspecified atom stereocenters. The van der Waals surface area contributed by atoms with Gasteiger partial charge in [-0.1, -0.05) is 65.7 Å². The first-order valence-corrected chi connectivity index (χ1v) is 17.3. The molecule has 11 aromatic rings. The Balaban J connectivity index is 0.00000341. The van der Waals surface area contributed by atoms with Gasteiger partial charge in [-0.25, -0.2) is 9.97 Å². The van der Waals surface area contributed by atoms with E-state index < -0.39 is 0 Å². The number of para-hydroxylation sites is 5. The maximum atomic E-state index is 6.81. The van der Waals surface area contributed by atoms with Gasteiger partial charge in [0.15, 0.2) is 11.2 Å². The van der Waals surface area contributed by atoms with Crippen molar-refractivity contribution in [2.45, 2.75) is 0 Å². The average Bonchev–Trinajstić information content (AvgIpc) is 4.00. The van der Waals surface area contributed by atoms with Crippen molar-refractivity contribution in [2.75, 3.05) is 16.8 Å². The summed E-state index contributed by atoms with van der Waals surface area (Å²) in [7, 11) is 2.04. The summed E-state index contributed by atoms with van der Waals surface area (Å²) in [4.78, 5) is 13.9. The molecule has 0 radical (unpaired) electrons. The van der Waals surface area contributed by atoms with Crippen molar-refractivity contribution >= 4 is 88.8 Å². The molecule has 5 aromatic heterocycles. The molecule has 0 saturated heterocycles. The zero-order chi connectivity index (χ0) is 34.8. The quantitative estimate of drug-likeness (QED) is 0.163. The van der Waals surface area contributed by atoms with E-state index >= 15 is 0 Å². The molecule has 0 fully saturated rings. The minimum Gasteiger partial charge on any atom is -0.509 e. The predicted octanol–water partition coefficient (Wildman–Crippen LogP) is 10.7.